The van der Waals surface area contributed by atoms with E-state index in [4.69, 9.17) is 16.3 Å². The van der Waals surface area contributed by atoms with Crippen molar-refractivity contribution in [2.75, 3.05) is 18.5 Å². The fourth-order valence-electron chi connectivity index (χ4n) is 1.08. The first kappa shape index (κ1) is 8.13. The van der Waals surface area contributed by atoms with Gasteiger partial charge in [0.1, 0.15) is 11.8 Å². The monoisotopic (exact) mass is 248 g/mol. The molecule has 0 unspecified atom stereocenters. The minimum atomic E-state index is 0.457. The first-order valence-corrected chi connectivity index (χ1v) is 4.67. The van der Waals surface area contributed by atoms with Crippen LogP contribution >= 0.6 is 27.5 Å². The summed E-state index contributed by atoms with van der Waals surface area (Å²) in [6.07, 6.45) is 0. The van der Waals surface area contributed by atoms with Crippen LogP contribution in [0.2, 0.25) is 5.15 Å². The molecule has 0 aromatic carbocycles. The predicted molar refractivity (Wildman–Crippen MR) is 50.9 cm³/mol. The van der Waals surface area contributed by atoms with Crippen molar-refractivity contribution in [1.82, 2.24) is 4.98 Å². The summed E-state index contributed by atoms with van der Waals surface area (Å²) in [5.74, 6) is 0.741. The van der Waals surface area contributed by atoms with Crippen molar-refractivity contribution in [1.29, 1.82) is 0 Å². The molecule has 64 valence electrons. The lowest BCUT2D eigenvalue weighted by molar-refractivity contribution is 0.319. The standard InChI is InChI=1S/C7H6BrClN2O/c8-7-6-4(3-5(9)11-7)10-1-2-12-6/h3,10H,1-2H2. The molecule has 12 heavy (non-hydrogen) atoms. The van der Waals surface area contributed by atoms with Gasteiger partial charge in [-0.1, -0.05) is 11.6 Å². The minimum absolute atomic E-state index is 0.457. The van der Waals surface area contributed by atoms with Gasteiger partial charge in [-0.25, -0.2) is 4.98 Å². The van der Waals surface area contributed by atoms with Crippen LogP contribution < -0.4 is 10.1 Å². The Labute approximate surface area is 83.2 Å². The van der Waals surface area contributed by atoms with Crippen LogP contribution in [0.4, 0.5) is 5.69 Å². The third-order valence-corrected chi connectivity index (χ3v) is 2.30. The molecule has 0 bridgehead atoms. The average Bonchev–Trinajstić information content (AvgIpc) is 2.04. The Morgan fingerprint density at radius 1 is 1.67 bits per heavy atom. The first-order valence-electron chi connectivity index (χ1n) is 3.50. The molecule has 0 saturated carbocycles. The van der Waals surface area contributed by atoms with E-state index in [9.17, 15) is 0 Å². The maximum atomic E-state index is 5.75. The zero-order chi connectivity index (χ0) is 8.55. The SMILES string of the molecule is Clc1cc2c(c(Br)n1)OCCN2. The van der Waals surface area contributed by atoms with E-state index in [0.717, 1.165) is 18.0 Å². The largest absolute Gasteiger partial charge is 0.487 e. The molecule has 2 rings (SSSR count). The van der Waals surface area contributed by atoms with Crippen molar-refractivity contribution in [3.63, 3.8) is 0 Å². The second-order valence-electron chi connectivity index (χ2n) is 2.39. The van der Waals surface area contributed by atoms with E-state index < -0.39 is 0 Å². The van der Waals surface area contributed by atoms with Gasteiger partial charge in [0.25, 0.3) is 0 Å². The summed E-state index contributed by atoms with van der Waals surface area (Å²) in [5, 5.41) is 3.62. The molecule has 1 N–H and O–H groups in total. The second-order valence-corrected chi connectivity index (χ2v) is 3.53. The number of nitrogens with zero attached hydrogens (tertiary/aromatic N) is 1. The topological polar surface area (TPSA) is 34.1 Å². The highest BCUT2D eigenvalue weighted by molar-refractivity contribution is 9.10. The number of hydrogen-bond donors (Lipinski definition) is 1. The van der Waals surface area contributed by atoms with Crippen molar-refractivity contribution in [2.24, 2.45) is 0 Å². The average molecular weight is 249 g/mol. The summed E-state index contributed by atoms with van der Waals surface area (Å²) in [4.78, 5) is 4.00. The molecule has 0 amide bonds. The number of nitrogens with one attached hydrogen (secondary N) is 1. The predicted octanol–water partition coefficient (Wildman–Crippen LogP) is 2.30. The van der Waals surface area contributed by atoms with E-state index in [-0.39, 0.29) is 0 Å². The van der Waals surface area contributed by atoms with Gasteiger partial charge in [-0.3, -0.25) is 0 Å². The van der Waals surface area contributed by atoms with Crippen LogP contribution in [0.3, 0.4) is 0 Å². The van der Waals surface area contributed by atoms with E-state index in [1.54, 1.807) is 6.07 Å². The number of pyridine rings is 1. The molecule has 1 aromatic rings. The van der Waals surface area contributed by atoms with Crippen molar-refractivity contribution in [2.45, 2.75) is 0 Å². The summed E-state index contributed by atoms with van der Waals surface area (Å²) < 4.78 is 6.03. The first-order chi connectivity index (χ1) is 5.77. The van der Waals surface area contributed by atoms with Crippen LogP contribution in [0, 0.1) is 0 Å². The number of anilines is 1. The van der Waals surface area contributed by atoms with E-state index in [2.05, 4.69) is 26.2 Å². The van der Waals surface area contributed by atoms with Gasteiger partial charge < -0.3 is 10.1 Å². The molecule has 3 nitrogen and oxygen atoms in total. The van der Waals surface area contributed by atoms with Crippen molar-refractivity contribution >= 4 is 33.2 Å². The van der Waals surface area contributed by atoms with Gasteiger partial charge in [-0.15, -0.1) is 0 Å². The molecule has 0 atom stereocenters. The van der Waals surface area contributed by atoms with Crippen LogP contribution in [-0.4, -0.2) is 18.1 Å². The molecule has 2 heterocycles. The molecule has 5 heteroatoms. The van der Waals surface area contributed by atoms with Gasteiger partial charge in [-0.2, -0.15) is 0 Å². The Morgan fingerprint density at radius 2 is 2.50 bits per heavy atom. The smallest absolute Gasteiger partial charge is 0.175 e. The van der Waals surface area contributed by atoms with Gasteiger partial charge in [-0.05, 0) is 15.9 Å². The van der Waals surface area contributed by atoms with E-state index in [1.165, 1.54) is 0 Å². The molecule has 0 spiro atoms. The van der Waals surface area contributed by atoms with Crippen LogP contribution in [0.5, 0.6) is 5.75 Å². The zero-order valence-corrected chi connectivity index (χ0v) is 8.44. The van der Waals surface area contributed by atoms with Crippen LogP contribution in [0.15, 0.2) is 10.7 Å². The number of rotatable bonds is 0. The molecule has 0 aliphatic carbocycles. The Hall–Kier alpha value is -0.480. The summed E-state index contributed by atoms with van der Waals surface area (Å²) >= 11 is 9.02. The Kier molecular flexibility index (Phi) is 2.11. The third-order valence-electron chi connectivity index (χ3n) is 1.56. The normalized spacial score (nSPS) is 14.5. The van der Waals surface area contributed by atoms with Crippen LogP contribution in [0.1, 0.15) is 0 Å². The van der Waals surface area contributed by atoms with E-state index in [0.29, 0.717) is 16.4 Å². The van der Waals surface area contributed by atoms with Crippen LogP contribution in [-0.2, 0) is 0 Å². The molecule has 1 aliphatic heterocycles. The molecule has 0 saturated heterocycles. The number of fused-ring (bicyclic) bond motifs is 1. The van der Waals surface area contributed by atoms with E-state index in [1.807, 2.05) is 0 Å². The highest BCUT2D eigenvalue weighted by atomic mass is 79.9. The van der Waals surface area contributed by atoms with Crippen LogP contribution in [0.25, 0.3) is 0 Å². The number of halogens is 2. The quantitative estimate of drug-likeness (QED) is 0.717. The lowest BCUT2D eigenvalue weighted by atomic mass is 10.3. The van der Waals surface area contributed by atoms with E-state index >= 15 is 0 Å². The fourth-order valence-corrected chi connectivity index (χ4v) is 1.89. The lowest BCUT2D eigenvalue weighted by Crippen LogP contribution is -2.18. The maximum absolute atomic E-state index is 5.75. The molecular formula is C7H6BrClN2O. The maximum Gasteiger partial charge on any atom is 0.175 e. The van der Waals surface area contributed by atoms with Gasteiger partial charge in [0.15, 0.2) is 10.4 Å². The van der Waals surface area contributed by atoms with Gasteiger partial charge in [0.2, 0.25) is 0 Å². The van der Waals surface area contributed by atoms with Gasteiger partial charge >= 0.3 is 0 Å². The summed E-state index contributed by atoms with van der Waals surface area (Å²) in [5.41, 5.74) is 0.896. The number of ether oxygens (including phenoxy) is 1. The zero-order valence-electron chi connectivity index (χ0n) is 6.10. The highest BCUT2D eigenvalue weighted by Crippen LogP contribution is 2.35. The van der Waals surface area contributed by atoms with Gasteiger partial charge in [0.05, 0.1) is 5.69 Å². The Morgan fingerprint density at radius 3 is 3.33 bits per heavy atom. The fraction of sp³-hybridized carbons (Fsp3) is 0.286. The van der Waals surface area contributed by atoms with Crippen molar-refractivity contribution < 1.29 is 4.74 Å². The Balaban J connectivity index is 2.53. The number of aromatic nitrogens is 1. The minimum Gasteiger partial charge on any atom is -0.487 e. The highest BCUT2D eigenvalue weighted by Gasteiger charge is 2.14. The second kappa shape index (κ2) is 3.11. The number of hydrogen-bond acceptors (Lipinski definition) is 3. The van der Waals surface area contributed by atoms with Crippen molar-refractivity contribution in [3.05, 3.63) is 15.8 Å². The summed E-state index contributed by atoms with van der Waals surface area (Å²) in [6, 6.07) is 1.75. The Bertz CT molecular complexity index is 319. The third kappa shape index (κ3) is 1.36. The van der Waals surface area contributed by atoms with Crippen molar-refractivity contribution in [3.8, 4) is 5.75 Å². The molecule has 1 aromatic heterocycles. The molecule has 0 radical (unpaired) electrons. The lowest BCUT2D eigenvalue weighted by Gasteiger charge is -2.19. The molecule has 0 fully saturated rings. The van der Waals surface area contributed by atoms with Gasteiger partial charge in [0, 0.05) is 12.6 Å². The molecule has 1 aliphatic rings. The summed E-state index contributed by atoms with van der Waals surface area (Å²) in [6.45, 7) is 1.47. The molecular weight excluding hydrogens is 243 g/mol. The summed E-state index contributed by atoms with van der Waals surface area (Å²) in [7, 11) is 0.